The number of aromatic nitrogens is 1. The molecule has 0 atom stereocenters. The summed E-state index contributed by atoms with van der Waals surface area (Å²) in [5, 5.41) is 9.49. The maximum atomic E-state index is 14.9. The first-order valence-corrected chi connectivity index (χ1v) is 10.1. The number of carboxylic acid groups (broad SMARTS) is 1. The minimum Gasteiger partial charge on any atom is -0.477 e. The van der Waals surface area contributed by atoms with E-state index in [9.17, 15) is 19.1 Å². The van der Waals surface area contributed by atoms with Crippen molar-refractivity contribution in [3.05, 3.63) is 39.9 Å². The molecule has 150 valence electrons. The number of unbranched alkanes of at least 4 members (excludes halogenated alkanes) is 1. The molecular formula is C21H26FN3O3. The molecule has 1 aromatic carbocycles. The number of piperazine rings is 1. The Kier molecular flexibility index (Phi) is 5.10. The molecule has 2 aliphatic rings. The van der Waals surface area contributed by atoms with Gasteiger partial charge in [-0.1, -0.05) is 13.3 Å². The standard InChI is InChI=1S/C21H26FN3O3/c1-2-3-6-23-7-9-24(10-8-23)19-12-18-15(11-17(19)22)20(26)16(21(27)28)13-25(18)14-4-5-14/h11-14H,2-10H2,1H3,(H,27,28). The van der Waals surface area contributed by atoms with E-state index in [1.165, 1.54) is 18.7 Å². The van der Waals surface area contributed by atoms with Crippen molar-refractivity contribution in [2.24, 2.45) is 0 Å². The Morgan fingerprint density at radius 3 is 2.54 bits per heavy atom. The average molecular weight is 387 g/mol. The smallest absolute Gasteiger partial charge is 0.341 e. The van der Waals surface area contributed by atoms with Crippen LogP contribution in [0.4, 0.5) is 10.1 Å². The van der Waals surface area contributed by atoms with Crippen LogP contribution in [0.15, 0.2) is 23.1 Å². The number of carbonyl (C=O) groups is 1. The SMILES string of the molecule is CCCCN1CCN(c2cc3c(cc2F)c(=O)c(C(=O)O)cn3C2CC2)CC1. The second kappa shape index (κ2) is 7.54. The van der Waals surface area contributed by atoms with E-state index in [1.807, 2.05) is 9.47 Å². The molecule has 1 N–H and O–H groups in total. The zero-order chi connectivity index (χ0) is 19.8. The van der Waals surface area contributed by atoms with Crippen LogP contribution >= 0.6 is 0 Å². The van der Waals surface area contributed by atoms with Gasteiger partial charge in [-0.05, 0) is 37.9 Å². The Morgan fingerprint density at radius 1 is 1.21 bits per heavy atom. The lowest BCUT2D eigenvalue weighted by Gasteiger charge is -2.36. The monoisotopic (exact) mass is 387 g/mol. The second-order valence-corrected chi connectivity index (χ2v) is 7.82. The molecule has 2 heterocycles. The van der Waals surface area contributed by atoms with Crippen molar-refractivity contribution in [3.8, 4) is 0 Å². The van der Waals surface area contributed by atoms with Crippen molar-refractivity contribution in [2.45, 2.75) is 38.6 Å². The molecule has 0 amide bonds. The summed E-state index contributed by atoms with van der Waals surface area (Å²) in [5.41, 5.74) is 0.215. The maximum absolute atomic E-state index is 14.9. The van der Waals surface area contributed by atoms with Crippen LogP contribution in [0.5, 0.6) is 0 Å². The first-order chi connectivity index (χ1) is 13.5. The van der Waals surface area contributed by atoms with Gasteiger partial charge in [-0.25, -0.2) is 9.18 Å². The molecule has 6 nitrogen and oxygen atoms in total. The molecule has 1 aromatic heterocycles. The molecular weight excluding hydrogens is 361 g/mol. The van der Waals surface area contributed by atoms with Crippen LogP contribution in [0.2, 0.25) is 0 Å². The van der Waals surface area contributed by atoms with E-state index in [4.69, 9.17) is 0 Å². The van der Waals surface area contributed by atoms with Crippen LogP contribution in [0.3, 0.4) is 0 Å². The van der Waals surface area contributed by atoms with Crippen LogP contribution in [0, 0.1) is 5.82 Å². The van der Waals surface area contributed by atoms with Crippen molar-refractivity contribution in [3.63, 3.8) is 0 Å². The number of hydrogen-bond donors (Lipinski definition) is 1. The molecule has 0 bridgehead atoms. The lowest BCUT2D eigenvalue weighted by atomic mass is 10.1. The van der Waals surface area contributed by atoms with Crippen molar-refractivity contribution in [1.82, 2.24) is 9.47 Å². The molecule has 1 aliphatic heterocycles. The number of pyridine rings is 1. The summed E-state index contributed by atoms with van der Waals surface area (Å²) >= 11 is 0. The number of carboxylic acids is 1. The Morgan fingerprint density at radius 2 is 1.93 bits per heavy atom. The van der Waals surface area contributed by atoms with Gasteiger partial charge in [0.1, 0.15) is 11.4 Å². The fourth-order valence-corrected chi connectivity index (χ4v) is 4.00. The highest BCUT2D eigenvalue weighted by atomic mass is 19.1. The van der Waals surface area contributed by atoms with E-state index < -0.39 is 17.2 Å². The third kappa shape index (κ3) is 3.51. The molecule has 28 heavy (non-hydrogen) atoms. The number of halogens is 1. The van der Waals surface area contributed by atoms with Crippen LogP contribution in [0.1, 0.15) is 49.0 Å². The zero-order valence-corrected chi connectivity index (χ0v) is 16.2. The fourth-order valence-electron chi connectivity index (χ4n) is 4.00. The Bertz CT molecular complexity index is 960. The number of benzene rings is 1. The maximum Gasteiger partial charge on any atom is 0.341 e. The highest BCUT2D eigenvalue weighted by Gasteiger charge is 2.28. The van der Waals surface area contributed by atoms with E-state index in [-0.39, 0.29) is 17.0 Å². The van der Waals surface area contributed by atoms with Crippen molar-refractivity contribution in [2.75, 3.05) is 37.6 Å². The van der Waals surface area contributed by atoms with Gasteiger partial charge in [-0.15, -0.1) is 0 Å². The minimum atomic E-state index is -1.27. The Labute approximate surface area is 163 Å². The van der Waals surface area contributed by atoms with E-state index in [1.54, 1.807) is 6.07 Å². The predicted octanol–water partition coefficient (Wildman–Crippen LogP) is 3.10. The molecule has 7 heteroatoms. The Balaban J connectivity index is 1.70. The largest absolute Gasteiger partial charge is 0.477 e. The molecule has 1 aliphatic carbocycles. The summed E-state index contributed by atoms with van der Waals surface area (Å²) in [6.07, 6.45) is 5.65. The van der Waals surface area contributed by atoms with Crippen LogP contribution in [-0.4, -0.2) is 53.3 Å². The molecule has 2 fully saturated rings. The van der Waals surface area contributed by atoms with Gasteiger partial charge >= 0.3 is 5.97 Å². The first-order valence-electron chi connectivity index (χ1n) is 10.1. The normalized spacial score (nSPS) is 18.0. The second-order valence-electron chi connectivity index (χ2n) is 7.82. The van der Waals surface area contributed by atoms with Gasteiger partial charge in [0.05, 0.1) is 11.2 Å². The minimum absolute atomic E-state index is 0.148. The molecule has 1 saturated heterocycles. The molecule has 0 spiro atoms. The van der Waals surface area contributed by atoms with E-state index >= 15 is 0 Å². The van der Waals surface area contributed by atoms with Gasteiger partial charge in [-0.2, -0.15) is 0 Å². The fraction of sp³-hybridized carbons (Fsp3) is 0.524. The molecule has 0 radical (unpaired) electrons. The predicted molar refractivity (Wildman–Crippen MR) is 107 cm³/mol. The van der Waals surface area contributed by atoms with Crippen molar-refractivity contribution >= 4 is 22.6 Å². The van der Waals surface area contributed by atoms with E-state index in [2.05, 4.69) is 11.8 Å². The molecule has 0 unspecified atom stereocenters. The third-order valence-electron chi connectivity index (χ3n) is 5.81. The Hall–Kier alpha value is -2.41. The highest BCUT2D eigenvalue weighted by Crippen LogP contribution is 2.38. The number of rotatable bonds is 6. The van der Waals surface area contributed by atoms with Gasteiger partial charge in [0.25, 0.3) is 0 Å². The highest BCUT2D eigenvalue weighted by molar-refractivity contribution is 5.93. The van der Waals surface area contributed by atoms with Gasteiger partial charge in [0, 0.05) is 43.8 Å². The summed E-state index contributed by atoms with van der Waals surface area (Å²) in [6, 6.07) is 3.14. The number of aromatic carboxylic acids is 1. The summed E-state index contributed by atoms with van der Waals surface area (Å²) in [6.45, 7) is 6.52. The lowest BCUT2D eigenvalue weighted by Crippen LogP contribution is -2.46. The topological polar surface area (TPSA) is 65.8 Å². The number of hydrogen-bond acceptors (Lipinski definition) is 4. The van der Waals surface area contributed by atoms with E-state index in [0.29, 0.717) is 11.2 Å². The van der Waals surface area contributed by atoms with Crippen molar-refractivity contribution < 1.29 is 14.3 Å². The van der Waals surface area contributed by atoms with E-state index in [0.717, 1.165) is 52.0 Å². The molecule has 1 saturated carbocycles. The number of anilines is 1. The summed E-state index contributed by atoms with van der Waals surface area (Å²) in [5.74, 6) is -1.73. The van der Waals surface area contributed by atoms with Gasteiger partial charge in [0.2, 0.25) is 5.43 Å². The van der Waals surface area contributed by atoms with Gasteiger partial charge in [-0.3, -0.25) is 9.69 Å². The first kappa shape index (κ1) is 18.9. The molecule has 4 rings (SSSR count). The van der Waals surface area contributed by atoms with Crippen LogP contribution in [0.25, 0.3) is 10.9 Å². The summed E-state index contributed by atoms with van der Waals surface area (Å²) < 4.78 is 16.8. The third-order valence-corrected chi connectivity index (χ3v) is 5.81. The van der Waals surface area contributed by atoms with Crippen LogP contribution in [-0.2, 0) is 0 Å². The van der Waals surface area contributed by atoms with Crippen molar-refractivity contribution in [1.29, 1.82) is 0 Å². The van der Waals surface area contributed by atoms with Gasteiger partial charge < -0.3 is 14.6 Å². The van der Waals surface area contributed by atoms with Gasteiger partial charge in [0.15, 0.2) is 0 Å². The zero-order valence-electron chi connectivity index (χ0n) is 16.2. The number of nitrogens with zero attached hydrogens (tertiary/aromatic N) is 3. The quantitative estimate of drug-likeness (QED) is 0.825. The van der Waals surface area contributed by atoms with Crippen LogP contribution < -0.4 is 10.3 Å². The lowest BCUT2D eigenvalue weighted by molar-refractivity contribution is 0.0695. The number of fused-ring (bicyclic) bond motifs is 1. The summed E-state index contributed by atoms with van der Waals surface area (Å²) in [4.78, 5) is 28.4. The average Bonchev–Trinajstić information content (AvgIpc) is 3.52. The molecule has 2 aromatic rings. The summed E-state index contributed by atoms with van der Waals surface area (Å²) in [7, 11) is 0.